The lowest BCUT2D eigenvalue weighted by Gasteiger charge is -2.18. The zero-order valence-corrected chi connectivity index (χ0v) is 8.17. The number of aliphatic hydroxyl groups is 1. The normalized spacial score (nSPS) is 21.5. The summed E-state index contributed by atoms with van der Waals surface area (Å²) in [7, 11) is 1.51. The Labute approximate surface area is 84.5 Å². The number of alkyl halides is 3. The molecule has 0 spiro atoms. The Bertz CT molecular complexity index is 383. The summed E-state index contributed by atoms with van der Waals surface area (Å²) in [6.07, 6.45) is -4.09. The third-order valence-corrected chi connectivity index (χ3v) is 2.70. The van der Waals surface area contributed by atoms with Gasteiger partial charge < -0.3 is 5.11 Å². The standard InChI is InChI=1S/C9H11F3N2O/c1-14-7-3-2-5(15)4-6(7)8(13-14)9(10,11)12/h5,15H,2-4H2,1H3. The van der Waals surface area contributed by atoms with Crippen LogP contribution in [0.5, 0.6) is 0 Å². The third-order valence-electron chi connectivity index (χ3n) is 2.70. The lowest BCUT2D eigenvalue weighted by atomic mass is 9.93. The average Bonchev–Trinajstić information content (AvgIpc) is 2.42. The average molecular weight is 220 g/mol. The summed E-state index contributed by atoms with van der Waals surface area (Å²) in [4.78, 5) is 0. The minimum atomic E-state index is -4.43. The fourth-order valence-corrected chi connectivity index (χ4v) is 2.00. The van der Waals surface area contributed by atoms with Gasteiger partial charge in [-0.25, -0.2) is 0 Å². The van der Waals surface area contributed by atoms with E-state index >= 15 is 0 Å². The van der Waals surface area contributed by atoms with Crippen molar-refractivity contribution in [3.05, 3.63) is 17.0 Å². The van der Waals surface area contributed by atoms with Crippen molar-refractivity contribution in [1.82, 2.24) is 9.78 Å². The van der Waals surface area contributed by atoms with Crippen molar-refractivity contribution in [3.8, 4) is 0 Å². The van der Waals surface area contributed by atoms with Gasteiger partial charge in [-0.1, -0.05) is 0 Å². The van der Waals surface area contributed by atoms with Gasteiger partial charge in [0.25, 0.3) is 0 Å². The molecule has 1 atom stereocenters. The molecule has 6 heteroatoms. The maximum absolute atomic E-state index is 12.6. The zero-order chi connectivity index (χ0) is 11.2. The van der Waals surface area contributed by atoms with Gasteiger partial charge in [0, 0.05) is 24.7 Å². The van der Waals surface area contributed by atoms with E-state index < -0.39 is 18.0 Å². The molecule has 0 saturated carbocycles. The number of hydrogen-bond acceptors (Lipinski definition) is 2. The Kier molecular flexibility index (Phi) is 2.26. The highest BCUT2D eigenvalue weighted by Crippen LogP contribution is 2.35. The summed E-state index contributed by atoms with van der Waals surface area (Å²) in [5, 5.41) is 12.8. The summed E-state index contributed by atoms with van der Waals surface area (Å²) in [5.74, 6) is 0. The van der Waals surface area contributed by atoms with Gasteiger partial charge in [0.2, 0.25) is 0 Å². The molecule has 1 aliphatic carbocycles. The van der Waals surface area contributed by atoms with Crippen LogP contribution in [0.3, 0.4) is 0 Å². The van der Waals surface area contributed by atoms with Gasteiger partial charge in [-0.15, -0.1) is 0 Å². The summed E-state index contributed by atoms with van der Waals surface area (Å²) in [5.41, 5.74) is -0.102. The van der Waals surface area contributed by atoms with Crippen LogP contribution in [0.25, 0.3) is 0 Å². The van der Waals surface area contributed by atoms with Crippen LogP contribution in [0.15, 0.2) is 0 Å². The minimum absolute atomic E-state index is 0.0536. The van der Waals surface area contributed by atoms with Crippen LogP contribution in [0.2, 0.25) is 0 Å². The molecular weight excluding hydrogens is 209 g/mol. The monoisotopic (exact) mass is 220 g/mol. The highest BCUT2D eigenvalue weighted by Gasteiger charge is 2.40. The summed E-state index contributed by atoms with van der Waals surface area (Å²) < 4.78 is 38.9. The van der Waals surface area contributed by atoms with E-state index in [4.69, 9.17) is 0 Å². The molecule has 0 bridgehead atoms. The topological polar surface area (TPSA) is 38.0 Å². The molecule has 0 aliphatic heterocycles. The van der Waals surface area contributed by atoms with Gasteiger partial charge in [-0.3, -0.25) is 4.68 Å². The van der Waals surface area contributed by atoms with Gasteiger partial charge in [0.15, 0.2) is 5.69 Å². The van der Waals surface area contributed by atoms with Gasteiger partial charge in [0.1, 0.15) is 0 Å². The molecule has 1 aromatic rings. The van der Waals surface area contributed by atoms with Crippen LogP contribution in [0.1, 0.15) is 23.4 Å². The van der Waals surface area contributed by atoms with E-state index in [2.05, 4.69) is 5.10 Å². The molecule has 1 aliphatic rings. The van der Waals surface area contributed by atoms with Crippen molar-refractivity contribution in [2.24, 2.45) is 7.05 Å². The predicted octanol–water partition coefficient (Wildman–Crippen LogP) is 1.29. The lowest BCUT2D eigenvalue weighted by Crippen LogP contribution is -2.21. The highest BCUT2D eigenvalue weighted by molar-refractivity contribution is 5.31. The van der Waals surface area contributed by atoms with E-state index in [-0.39, 0.29) is 12.0 Å². The van der Waals surface area contributed by atoms with E-state index in [1.54, 1.807) is 0 Å². The zero-order valence-electron chi connectivity index (χ0n) is 8.17. The van der Waals surface area contributed by atoms with Crippen molar-refractivity contribution in [1.29, 1.82) is 0 Å². The second kappa shape index (κ2) is 3.23. The van der Waals surface area contributed by atoms with Crippen LogP contribution >= 0.6 is 0 Å². The van der Waals surface area contributed by atoms with Gasteiger partial charge >= 0.3 is 6.18 Å². The van der Waals surface area contributed by atoms with Crippen LogP contribution < -0.4 is 0 Å². The molecule has 0 saturated heterocycles. The Morgan fingerprint density at radius 2 is 2.13 bits per heavy atom. The van der Waals surface area contributed by atoms with Gasteiger partial charge in [0.05, 0.1) is 6.10 Å². The Morgan fingerprint density at radius 3 is 2.73 bits per heavy atom. The highest BCUT2D eigenvalue weighted by atomic mass is 19.4. The van der Waals surface area contributed by atoms with Crippen molar-refractivity contribution < 1.29 is 18.3 Å². The van der Waals surface area contributed by atoms with Crippen LogP contribution in [-0.4, -0.2) is 21.0 Å². The van der Waals surface area contributed by atoms with Crippen molar-refractivity contribution >= 4 is 0 Å². The first-order valence-corrected chi connectivity index (χ1v) is 4.69. The summed E-state index contributed by atoms with van der Waals surface area (Å²) in [6.45, 7) is 0. The number of rotatable bonds is 0. The third kappa shape index (κ3) is 1.73. The van der Waals surface area contributed by atoms with E-state index in [9.17, 15) is 18.3 Å². The number of fused-ring (bicyclic) bond motifs is 1. The number of halogens is 3. The maximum atomic E-state index is 12.6. The quantitative estimate of drug-likeness (QED) is 0.715. The number of nitrogens with zero attached hydrogens (tertiary/aromatic N) is 2. The second-order valence-corrected chi connectivity index (χ2v) is 3.79. The molecule has 84 valence electrons. The van der Waals surface area contributed by atoms with E-state index in [0.29, 0.717) is 18.5 Å². The number of aliphatic hydroxyl groups excluding tert-OH is 1. The van der Waals surface area contributed by atoms with Gasteiger partial charge in [-0.05, 0) is 12.8 Å². The van der Waals surface area contributed by atoms with E-state index in [1.807, 2.05) is 0 Å². The van der Waals surface area contributed by atoms with Crippen LogP contribution in [-0.2, 0) is 26.1 Å². The van der Waals surface area contributed by atoms with Crippen LogP contribution in [0.4, 0.5) is 13.2 Å². The Balaban J connectivity index is 2.50. The predicted molar refractivity (Wildman–Crippen MR) is 46.2 cm³/mol. The second-order valence-electron chi connectivity index (χ2n) is 3.79. The van der Waals surface area contributed by atoms with Gasteiger partial charge in [-0.2, -0.15) is 18.3 Å². The number of hydrogen-bond donors (Lipinski definition) is 1. The first kappa shape index (κ1) is 10.5. The molecule has 3 nitrogen and oxygen atoms in total. The first-order chi connectivity index (χ1) is 6.89. The van der Waals surface area contributed by atoms with Crippen LogP contribution in [0, 0.1) is 0 Å². The molecule has 0 aromatic carbocycles. The molecule has 1 aromatic heterocycles. The van der Waals surface area contributed by atoms with E-state index in [1.165, 1.54) is 11.7 Å². The molecule has 1 N–H and O–H groups in total. The summed E-state index contributed by atoms with van der Waals surface area (Å²) >= 11 is 0. The fourth-order valence-electron chi connectivity index (χ4n) is 2.00. The smallest absolute Gasteiger partial charge is 0.393 e. The summed E-state index contributed by atoms with van der Waals surface area (Å²) in [6, 6.07) is 0. The van der Waals surface area contributed by atoms with Crippen molar-refractivity contribution in [3.63, 3.8) is 0 Å². The molecule has 2 rings (SSSR count). The molecule has 1 unspecified atom stereocenters. The molecule has 1 heterocycles. The molecule has 0 radical (unpaired) electrons. The molecular formula is C9H11F3N2O. The molecule has 0 amide bonds. The number of aryl methyl sites for hydroxylation is 1. The maximum Gasteiger partial charge on any atom is 0.435 e. The SMILES string of the molecule is Cn1nc(C(F)(F)F)c2c1CCC(O)C2. The Hall–Kier alpha value is -1.04. The van der Waals surface area contributed by atoms with Crippen molar-refractivity contribution in [2.75, 3.05) is 0 Å². The largest absolute Gasteiger partial charge is 0.435 e. The number of aromatic nitrogens is 2. The first-order valence-electron chi connectivity index (χ1n) is 4.69. The van der Waals surface area contributed by atoms with E-state index in [0.717, 1.165) is 0 Å². The Morgan fingerprint density at radius 1 is 1.47 bits per heavy atom. The fraction of sp³-hybridized carbons (Fsp3) is 0.667. The van der Waals surface area contributed by atoms with Crippen molar-refractivity contribution in [2.45, 2.75) is 31.5 Å². The molecule has 0 fully saturated rings. The minimum Gasteiger partial charge on any atom is -0.393 e. The lowest BCUT2D eigenvalue weighted by molar-refractivity contribution is -0.142. The molecule has 15 heavy (non-hydrogen) atoms.